The second kappa shape index (κ2) is 7.11. The van der Waals surface area contributed by atoms with Gasteiger partial charge in [0, 0.05) is 11.8 Å². The first-order chi connectivity index (χ1) is 10.9. The van der Waals surface area contributed by atoms with Crippen LogP contribution in [0, 0.1) is 6.92 Å². The van der Waals surface area contributed by atoms with E-state index in [1.165, 1.54) is 13.2 Å². The summed E-state index contributed by atoms with van der Waals surface area (Å²) in [4.78, 5) is 11.3. The van der Waals surface area contributed by atoms with Gasteiger partial charge in [0.2, 0.25) is 0 Å². The molecule has 0 unspecified atom stereocenters. The number of carbonyl (C=O) groups is 1. The van der Waals surface area contributed by atoms with Crippen molar-refractivity contribution in [1.82, 2.24) is 0 Å². The van der Waals surface area contributed by atoms with Gasteiger partial charge in [-0.15, -0.1) is 0 Å². The molecule has 2 rings (SSSR count). The highest BCUT2D eigenvalue weighted by Gasteiger charge is 2.13. The molecule has 0 atom stereocenters. The summed E-state index contributed by atoms with van der Waals surface area (Å²) in [7, 11) is -2.36. The van der Waals surface area contributed by atoms with Crippen molar-refractivity contribution in [2.45, 2.75) is 11.8 Å². The Balaban J connectivity index is 2.21. The van der Waals surface area contributed by atoms with Crippen molar-refractivity contribution in [2.75, 3.05) is 11.8 Å². The van der Waals surface area contributed by atoms with Crippen molar-refractivity contribution in [2.24, 2.45) is 0 Å². The van der Waals surface area contributed by atoms with Gasteiger partial charge in [-0.1, -0.05) is 29.8 Å². The number of hydrogen-bond donors (Lipinski definition) is 1. The molecule has 0 amide bonds. The molecule has 0 saturated carbocycles. The van der Waals surface area contributed by atoms with Crippen LogP contribution in [-0.4, -0.2) is 21.5 Å². The number of hydrogen-bond acceptors (Lipinski definition) is 4. The number of sulfonamides is 1. The van der Waals surface area contributed by atoms with Gasteiger partial charge in [0.15, 0.2) is 0 Å². The van der Waals surface area contributed by atoms with E-state index in [0.717, 1.165) is 5.56 Å². The Labute approximate surface area is 135 Å². The average Bonchev–Trinajstić information content (AvgIpc) is 2.53. The second-order valence-electron chi connectivity index (χ2n) is 4.90. The van der Waals surface area contributed by atoms with E-state index < -0.39 is 16.0 Å². The smallest absolute Gasteiger partial charge is 0.330 e. The normalized spacial score (nSPS) is 11.4. The van der Waals surface area contributed by atoms with Gasteiger partial charge in [-0.25, -0.2) is 13.2 Å². The first-order valence-electron chi connectivity index (χ1n) is 6.86. The number of carbonyl (C=O) groups excluding carboxylic acids is 1. The molecule has 23 heavy (non-hydrogen) atoms. The molecule has 5 nitrogen and oxygen atoms in total. The summed E-state index contributed by atoms with van der Waals surface area (Å²) in [6, 6.07) is 13.3. The summed E-state index contributed by atoms with van der Waals surface area (Å²) in [5.41, 5.74) is 2.08. The van der Waals surface area contributed by atoms with Crippen LogP contribution in [0.1, 0.15) is 11.1 Å². The summed E-state index contributed by atoms with van der Waals surface area (Å²) in [6.07, 6.45) is 2.82. The average molecular weight is 331 g/mol. The van der Waals surface area contributed by atoms with E-state index in [1.54, 1.807) is 54.6 Å². The van der Waals surface area contributed by atoms with E-state index in [9.17, 15) is 13.2 Å². The fourth-order valence-corrected chi connectivity index (χ4v) is 2.92. The summed E-state index contributed by atoms with van der Waals surface area (Å²) >= 11 is 0. The van der Waals surface area contributed by atoms with Gasteiger partial charge in [0.05, 0.1) is 12.0 Å². The van der Waals surface area contributed by atoms with Crippen LogP contribution in [0.25, 0.3) is 6.08 Å². The number of benzene rings is 2. The second-order valence-corrected chi connectivity index (χ2v) is 6.58. The lowest BCUT2D eigenvalue weighted by Gasteiger charge is -2.09. The molecule has 120 valence electrons. The van der Waals surface area contributed by atoms with E-state index in [1.807, 2.05) is 6.92 Å². The fraction of sp³-hybridized carbons (Fsp3) is 0.118. The molecule has 0 aliphatic rings. The van der Waals surface area contributed by atoms with Crippen molar-refractivity contribution in [1.29, 1.82) is 0 Å². The van der Waals surface area contributed by atoms with Gasteiger partial charge in [-0.2, -0.15) is 0 Å². The number of esters is 1. The van der Waals surface area contributed by atoms with Crippen molar-refractivity contribution >= 4 is 27.8 Å². The Bertz CT molecular complexity index is 824. The maximum absolute atomic E-state index is 12.3. The first kappa shape index (κ1) is 16.8. The molecule has 0 aliphatic carbocycles. The van der Waals surface area contributed by atoms with E-state index in [0.29, 0.717) is 11.3 Å². The Morgan fingerprint density at radius 1 is 1.13 bits per heavy atom. The number of aryl methyl sites for hydroxylation is 1. The molecule has 2 aromatic rings. The van der Waals surface area contributed by atoms with Crippen molar-refractivity contribution < 1.29 is 17.9 Å². The van der Waals surface area contributed by atoms with Gasteiger partial charge in [-0.05, 0) is 42.8 Å². The first-order valence-corrected chi connectivity index (χ1v) is 8.34. The van der Waals surface area contributed by atoms with E-state index in [2.05, 4.69) is 9.46 Å². The molecule has 2 aromatic carbocycles. The fourth-order valence-electron chi connectivity index (χ4n) is 1.87. The molecule has 0 saturated heterocycles. The number of anilines is 1. The summed E-state index contributed by atoms with van der Waals surface area (Å²) in [5.74, 6) is -0.476. The molecule has 0 heterocycles. The maximum atomic E-state index is 12.3. The minimum absolute atomic E-state index is 0.193. The van der Waals surface area contributed by atoms with Gasteiger partial charge in [0.25, 0.3) is 10.0 Å². The highest BCUT2D eigenvalue weighted by atomic mass is 32.2. The summed E-state index contributed by atoms with van der Waals surface area (Å²) < 4.78 is 31.7. The van der Waals surface area contributed by atoms with E-state index >= 15 is 0 Å². The third-order valence-corrected chi connectivity index (χ3v) is 4.48. The van der Waals surface area contributed by atoms with Crippen LogP contribution < -0.4 is 4.72 Å². The minimum atomic E-state index is -3.65. The standard InChI is InChI=1S/C17H17NO4S/c1-13-6-9-16(10-7-13)23(20,21)18-15-5-3-4-14(12-15)8-11-17(19)22-2/h3-12,18H,1-2H3. The van der Waals surface area contributed by atoms with Gasteiger partial charge in [-0.3, -0.25) is 4.72 Å². The molecule has 0 radical (unpaired) electrons. The molecule has 6 heteroatoms. The van der Waals surface area contributed by atoms with Gasteiger partial charge >= 0.3 is 5.97 Å². The quantitative estimate of drug-likeness (QED) is 0.675. The monoisotopic (exact) mass is 331 g/mol. The van der Waals surface area contributed by atoms with Crippen LogP contribution in [0.2, 0.25) is 0 Å². The molecule has 0 bridgehead atoms. The number of methoxy groups -OCH3 is 1. The largest absolute Gasteiger partial charge is 0.466 e. The number of ether oxygens (including phenoxy) is 1. The predicted molar refractivity (Wildman–Crippen MR) is 89.5 cm³/mol. The van der Waals surface area contributed by atoms with Crippen LogP contribution in [0.4, 0.5) is 5.69 Å². The molecular formula is C17H17NO4S. The molecule has 0 spiro atoms. The minimum Gasteiger partial charge on any atom is -0.466 e. The molecular weight excluding hydrogens is 314 g/mol. The van der Waals surface area contributed by atoms with Crippen molar-refractivity contribution in [3.63, 3.8) is 0 Å². The number of rotatable bonds is 5. The van der Waals surface area contributed by atoms with Crippen LogP contribution >= 0.6 is 0 Å². The molecule has 0 aliphatic heterocycles. The van der Waals surface area contributed by atoms with E-state index in [-0.39, 0.29) is 4.90 Å². The third-order valence-electron chi connectivity index (χ3n) is 3.08. The van der Waals surface area contributed by atoms with Crippen molar-refractivity contribution in [3.05, 3.63) is 65.7 Å². The maximum Gasteiger partial charge on any atom is 0.330 e. The van der Waals surface area contributed by atoms with Crippen LogP contribution in [0.5, 0.6) is 0 Å². The molecule has 0 fully saturated rings. The van der Waals surface area contributed by atoms with Crippen LogP contribution in [0.15, 0.2) is 59.5 Å². The SMILES string of the molecule is COC(=O)C=Cc1cccc(NS(=O)(=O)c2ccc(C)cc2)c1. The zero-order chi connectivity index (χ0) is 16.9. The Morgan fingerprint density at radius 2 is 1.83 bits per heavy atom. The Kier molecular flexibility index (Phi) is 5.18. The van der Waals surface area contributed by atoms with Crippen molar-refractivity contribution in [3.8, 4) is 0 Å². The Hall–Kier alpha value is -2.60. The van der Waals surface area contributed by atoms with Crippen LogP contribution in [0.3, 0.4) is 0 Å². The lowest BCUT2D eigenvalue weighted by atomic mass is 10.2. The zero-order valence-electron chi connectivity index (χ0n) is 12.8. The lowest BCUT2D eigenvalue weighted by molar-refractivity contribution is -0.134. The lowest BCUT2D eigenvalue weighted by Crippen LogP contribution is -2.12. The number of nitrogens with one attached hydrogen (secondary N) is 1. The molecule has 0 aromatic heterocycles. The van der Waals surface area contributed by atoms with Crippen LogP contribution in [-0.2, 0) is 19.6 Å². The van der Waals surface area contributed by atoms with Gasteiger partial charge in [0.1, 0.15) is 0 Å². The predicted octanol–water partition coefficient (Wildman–Crippen LogP) is 2.98. The zero-order valence-corrected chi connectivity index (χ0v) is 13.6. The summed E-state index contributed by atoms with van der Waals surface area (Å²) in [6.45, 7) is 1.89. The molecule has 1 N–H and O–H groups in total. The third kappa shape index (κ3) is 4.69. The highest BCUT2D eigenvalue weighted by Crippen LogP contribution is 2.18. The topological polar surface area (TPSA) is 72.5 Å². The van der Waals surface area contributed by atoms with Gasteiger partial charge < -0.3 is 4.74 Å². The summed E-state index contributed by atoms with van der Waals surface area (Å²) in [5, 5.41) is 0. The van der Waals surface area contributed by atoms with E-state index in [4.69, 9.17) is 0 Å². The Morgan fingerprint density at radius 3 is 2.48 bits per heavy atom. The highest BCUT2D eigenvalue weighted by molar-refractivity contribution is 7.92.